The van der Waals surface area contributed by atoms with Crippen LogP contribution < -0.4 is 0 Å². The van der Waals surface area contributed by atoms with Gasteiger partial charge in [-0.25, -0.2) is 4.98 Å². The molecule has 0 radical (unpaired) electrons. The summed E-state index contributed by atoms with van der Waals surface area (Å²) in [7, 11) is 1.54. The third-order valence-corrected chi connectivity index (χ3v) is 5.89. The third-order valence-electron chi connectivity index (χ3n) is 5.89. The summed E-state index contributed by atoms with van der Waals surface area (Å²) >= 11 is 0. The maximum atomic E-state index is 5.75. The molecular weight excluding hydrogens is 400 g/mol. The Morgan fingerprint density at radius 1 is 1.03 bits per heavy atom. The van der Waals surface area contributed by atoms with Gasteiger partial charge in [0.1, 0.15) is 25.1 Å². The largest absolute Gasteiger partial charge is 0.399 e. The van der Waals surface area contributed by atoms with Gasteiger partial charge in [-0.1, -0.05) is 34.6 Å². The van der Waals surface area contributed by atoms with E-state index >= 15 is 0 Å². The van der Waals surface area contributed by atoms with Crippen molar-refractivity contribution in [3.63, 3.8) is 0 Å². The molecule has 1 aromatic carbocycles. The van der Waals surface area contributed by atoms with Crippen molar-refractivity contribution in [2.75, 3.05) is 13.7 Å². The van der Waals surface area contributed by atoms with Gasteiger partial charge in [0.05, 0.1) is 16.9 Å². The molecule has 0 aliphatic heterocycles. The van der Waals surface area contributed by atoms with Gasteiger partial charge in [-0.2, -0.15) is 0 Å². The lowest BCUT2D eigenvalue weighted by Gasteiger charge is -2.13. The highest BCUT2D eigenvalue weighted by Gasteiger charge is 2.20. The van der Waals surface area contributed by atoms with Crippen LogP contribution in [0.15, 0.2) is 52.8 Å². The van der Waals surface area contributed by atoms with Crippen LogP contribution in [0.25, 0.3) is 10.9 Å². The first-order valence-corrected chi connectivity index (χ1v) is 11.3. The topological polar surface area (TPSA) is 69.0 Å². The summed E-state index contributed by atoms with van der Waals surface area (Å²) in [4.78, 5) is 20.2. The lowest BCUT2D eigenvalue weighted by atomic mass is 9.98. The number of aryl methyl sites for hydroxylation is 2. The van der Waals surface area contributed by atoms with Crippen molar-refractivity contribution >= 4 is 22.3 Å². The van der Waals surface area contributed by atoms with Gasteiger partial charge in [-0.15, -0.1) is 0 Å². The fourth-order valence-corrected chi connectivity index (χ4v) is 4.21. The number of fused-ring (bicyclic) bond motifs is 2. The molecule has 0 bridgehead atoms. The maximum Gasteiger partial charge on any atom is 0.117 e. The molecule has 32 heavy (non-hydrogen) atoms. The zero-order valence-electron chi connectivity index (χ0n) is 19.1. The molecular formula is C26H30N4O2. The van der Waals surface area contributed by atoms with Crippen molar-refractivity contribution in [2.24, 2.45) is 10.3 Å². The van der Waals surface area contributed by atoms with E-state index in [0.29, 0.717) is 6.61 Å². The van der Waals surface area contributed by atoms with Crippen LogP contribution in [0.4, 0.5) is 0 Å². The summed E-state index contributed by atoms with van der Waals surface area (Å²) in [6, 6.07) is 14.3. The summed E-state index contributed by atoms with van der Waals surface area (Å²) in [5.41, 5.74) is 8.24. The smallest absolute Gasteiger partial charge is 0.117 e. The zero-order chi connectivity index (χ0) is 22.3. The van der Waals surface area contributed by atoms with E-state index in [0.717, 1.165) is 72.5 Å². The Balaban J connectivity index is 1.43. The van der Waals surface area contributed by atoms with Gasteiger partial charge in [0.15, 0.2) is 0 Å². The van der Waals surface area contributed by atoms with Crippen LogP contribution in [-0.2, 0) is 22.5 Å². The summed E-state index contributed by atoms with van der Waals surface area (Å²) < 4.78 is 0. The second-order valence-electron chi connectivity index (χ2n) is 8.14. The Kier molecular flexibility index (Phi) is 7.10. The summed E-state index contributed by atoms with van der Waals surface area (Å²) in [5.74, 6) is 0. The lowest BCUT2D eigenvalue weighted by molar-refractivity contribution is 0.141. The van der Waals surface area contributed by atoms with Crippen molar-refractivity contribution < 1.29 is 9.68 Å². The molecule has 6 heteroatoms. The zero-order valence-corrected chi connectivity index (χ0v) is 19.1. The van der Waals surface area contributed by atoms with Crippen molar-refractivity contribution in [2.45, 2.75) is 52.4 Å². The maximum absolute atomic E-state index is 5.75. The average molecular weight is 431 g/mol. The Labute approximate surface area is 189 Å². The molecule has 3 aromatic rings. The number of hydrogen-bond acceptors (Lipinski definition) is 6. The Bertz CT molecular complexity index is 1150. The number of pyridine rings is 2. The molecule has 2 aromatic heterocycles. The first-order chi connectivity index (χ1) is 15.7. The number of rotatable bonds is 7. The molecule has 1 aliphatic rings. The number of nitrogens with zero attached hydrogens (tertiary/aromatic N) is 4. The summed E-state index contributed by atoms with van der Waals surface area (Å²) in [6.07, 6.45) is 5.86. The van der Waals surface area contributed by atoms with Crippen LogP contribution in [0.5, 0.6) is 0 Å². The molecule has 0 atom stereocenters. The molecule has 0 amide bonds. The number of para-hydroxylation sites is 1. The fourth-order valence-electron chi connectivity index (χ4n) is 4.21. The normalized spacial score (nSPS) is 15.5. The predicted octanol–water partition coefficient (Wildman–Crippen LogP) is 5.39. The van der Waals surface area contributed by atoms with Gasteiger partial charge in [0.25, 0.3) is 0 Å². The van der Waals surface area contributed by atoms with Crippen LogP contribution in [-0.4, -0.2) is 35.1 Å². The van der Waals surface area contributed by atoms with E-state index in [-0.39, 0.29) is 0 Å². The van der Waals surface area contributed by atoms with E-state index in [4.69, 9.17) is 14.7 Å². The van der Waals surface area contributed by atoms with Gasteiger partial charge < -0.3 is 9.68 Å². The average Bonchev–Trinajstić information content (AvgIpc) is 3.02. The fraction of sp³-hybridized carbons (Fsp3) is 0.385. The van der Waals surface area contributed by atoms with E-state index < -0.39 is 0 Å². The Hall–Kier alpha value is -3.28. The Morgan fingerprint density at radius 2 is 1.88 bits per heavy atom. The molecule has 1 aliphatic carbocycles. The monoisotopic (exact) mass is 430 g/mol. The molecule has 0 spiro atoms. The lowest BCUT2D eigenvalue weighted by Crippen LogP contribution is -2.09. The molecule has 166 valence electrons. The van der Waals surface area contributed by atoms with E-state index in [9.17, 15) is 0 Å². The number of hydrogen-bond donors (Lipinski definition) is 0. The number of aromatic nitrogens is 2. The second-order valence-corrected chi connectivity index (χ2v) is 8.14. The van der Waals surface area contributed by atoms with Gasteiger partial charge >= 0.3 is 0 Å². The van der Waals surface area contributed by atoms with Crippen LogP contribution in [0.3, 0.4) is 0 Å². The van der Waals surface area contributed by atoms with Crippen LogP contribution in [0.2, 0.25) is 0 Å². The third kappa shape index (κ3) is 4.96. The molecule has 4 rings (SSSR count). The van der Waals surface area contributed by atoms with Crippen molar-refractivity contribution in [3.8, 4) is 0 Å². The van der Waals surface area contributed by atoms with E-state index in [2.05, 4.69) is 40.4 Å². The van der Waals surface area contributed by atoms with Crippen molar-refractivity contribution in [1.29, 1.82) is 0 Å². The van der Waals surface area contributed by atoms with Crippen molar-refractivity contribution in [1.82, 2.24) is 9.97 Å². The highest BCUT2D eigenvalue weighted by atomic mass is 16.6. The Morgan fingerprint density at radius 3 is 2.75 bits per heavy atom. The molecule has 0 fully saturated rings. The molecule has 2 heterocycles. The van der Waals surface area contributed by atoms with Crippen LogP contribution in [0, 0.1) is 6.92 Å². The molecule has 0 unspecified atom stereocenters. The predicted molar refractivity (Wildman–Crippen MR) is 128 cm³/mol. The van der Waals surface area contributed by atoms with Gasteiger partial charge in [0, 0.05) is 11.1 Å². The van der Waals surface area contributed by atoms with Crippen LogP contribution >= 0.6 is 0 Å². The molecule has 0 saturated carbocycles. The summed E-state index contributed by atoms with van der Waals surface area (Å²) in [6.45, 7) is 4.63. The minimum Gasteiger partial charge on any atom is -0.399 e. The first-order valence-electron chi connectivity index (χ1n) is 11.3. The van der Waals surface area contributed by atoms with E-state index in [1.165, 1.54) is 23.6 Å². The van der Waals surface area contributed by atoms with Gasteiger partial charge in [0.2, 0.25) is 0 Å². The van der Waals surface area contributed by atoms with Crippen LogP contribution in [0.1, 0.15) is 60.8 Å². The van der Waals surface area contributed by atoms with Gasteiger partial charge in [-0.05, 0) is 81.7 Å². The SMILES string of the molecule is CO/N=C(\C)c1cccc(CCCO/N=C2\CCCCc3c2nc2ccccc2c3C)n1. The highest BCUT2D eigenvalue weighted by molar-refractivity contribution is 6.02. The quantitative estimate of drug-likeness (QED) is 0.218. The van der Waals surface area contributed by atoms with Gasteiger partial charge in [-0.3, -0.25) is 4.98 Å². The van der Waals surface area contributed by atoms with E-state index in [1.54, 1.807) is 0 Å². The summed E-state index contributed by atoms with van der Waals surface area (Å²) in [5, 5.41) is 9.72. The minimum absolute atomic E-state index is 0.544. The first kappa shape index (κ1) is 21.9. The minimum atomic E-state index is 0.544. The molecule has 0 N–H and O–H groups in total. The highest BCUT2D eigenvalue weighted by Crippen LogP contribution is 2.28. The van der Waals surface area contributed by atoms with E-state index in [1.807, 2.05) is 31.2 Å². The van der Waals surface area contributed by atoms with Crippen molar-refractivity contribution in [3.05, 3.63) is 70.7 Å². The number of oxime groups is 2. The number of benzene rings is 1. The molecule has 6 nitrogen and oxygen atoms in total. The molecule has 0 saturated heterocycles. The standard InChI is InChI=1S/C26H30N4O2/c1-18-21-12-4-6-14-24(21)28-26-22(18)13-5-7-15-25(26)30-32-17-9-11-20-10-8-16-23(27-20)19(2)29-31-3/h4,6,8,10,12,14,16H,5,7,9,11,13,15,17H2,1-3H3/b29-19+,30-25+. The second kappa shape index (κ2) is 10.4.